The average Bonchev–Trinajstić information content (AvgIpc) is 3.86. The summed E-state index contributed by atoms with van der Waals surface area (Å²) in [6.07, 6.45) is 0. The quantitative estimate of drug-likeness (QED) is 0.155. The van der Waals surface area contributed by atoms with Crippen LogP contribution in [0.5, 0.6) is 0 Å². The fourth-order valence-electron chi connectivity index (χ4n) is 9.99. The molecule has 0 spiro atoms. The van der Waals surface area contributed by atoms with Crippen LogP contribution in [-0.4, -0.2) is 0 Å². The molecule has 0 fully saturated rings. The number of fused-ring (bicyclic) bond motifs is 7. The van der Waals surface area contributed by atoms with Crippen molar-refractivity contribution < 1.29 is 0 Å². The van der Waals surface area contributed by atoms with E-state index in [1.807, 2.05) is 11.3 Å². The van der Waals surface area contributed by atoms with Gasteiger partial charge in [-0.25, -0.2) is 0 Å². The second kappa shape index (κ2) is 14.3. The van der Waals surface area contributed by atoms with E-state index in [0.29, 0.717) is 0 Å². The van der Waals surface area contributed by atoms with Crippen molar-refractivity contribution in [2.45, 2.75) is 5.41 Å². The van der Waals surface area contributed by atoms with E-state index in [2.05, 4.69) is 241 Å². The zero-order valence-electron chi connectivity index (χ0n) is 33.4. The third-order valence-corrected chi connectivity index (χ3v) is 13.9. The molecule has 0 bridgehead atoms. The first-order chi connectivity index (χ1) is 30.2. The molecule has 1 heterocycles. The number of hydrogen-bond acceptors (Lipinski definition) is 2. The van der Waals surface area contributed by atoms with E-state index in [1.165, 1.54) is 86.6 Å². The van der Waals surface area contributed by atoms with Gasteiger partial charge in [-0.2, -0.15) is 0 Å². The Morgan fingerprint density at radius 2 is 0.934 bits per heavy atom. The van der Waals surface area contributed by atoms with E-state index in [4.69, 9.17) is 0 Å². The maximum atomic E-state index is 2.49. The molecule has 0 saturated heterocycles. The molecule has 1 aliphatic carbocycles. The molecular weight excluding hydrogens is 755 g/mol. The maximum absolute atomic E-state index is 2.49. The van der Waals surface area contributed by atoms with Gasteiger partial charge in [0.1, 0.15) is 0 Å². The Morgan fingerprint density at radius 1 is 0.344 bits per heavy atom. The zero-order chi connectivity index (χ0) is 40.3. The summed E-state index contributed by atoms with van der Waals surface area (Å²) in [6.45, 7) is 0. The average molecular weight is 794 g/mol. The highest BCUT2D eigenvalue weighted by atomic mass is 32.1. The van der Waals surface area contributed by atoms with E-state index >= 15 is 0 Å². The minimum absolute atomic E-state index is 0.496. The Labute approximate surface area is 360 Å². The molecular formula is C59H39NS. The molecule has 1 nitrogen and oxygen atoms in total. The molecule has 0 atom stereocenters. The van der Waals surface area contributed by atoms with Crippen molar-refractivity contribution >= 4 is 59.3 Å². The van der Waals surface area contributed by atoms with E-state index in [9.17, 15) is 0 Å². The minimum Gasteiger partial charge on any atom is -0.310 e. The normalized spacial score (nSPS) is 12.7. The summed E-state index contributed by atoms with van der Waals surface area (Å²) in [4.78, 5) is 2.49. The number of benzene rings is 10. The van der Waals surface area contributed by atoms with E-state index < -0.39 is 5.41 Å². The van der Waals surface area contributed by atoms with Gasteiger partial charge in [-0.3, -0.25) is 0 Å². The molecule has 286 valence electrons. The van der Waals surface area contributed by atoms with Gasteiger partial charge in [-0.05, 0) is 115 Å². The van der Waals surface area contributed by atoms with Crippen molar-refractivity contribution in [3.05, 3.63) is 259 Å². The van der Waals surface area contributed by atoms with Crippen molar-refractivity contribution in [3.63, 3.8) is 0 Å². The summed E-state index contributed by atoms with van der Waals surface area (Å²) < 4.78 is 2.60. The standard InChI is InChI=1S/C59H39NS/c1-3-19-46(20-4-1)59(47-21-5-2-6-22-47)53-25-11-9-24-51(53)58-54(59)26-14-27-55(58)60(49-35-36-57-52(39-49)50-23-10-12-28-56(50)61-57)48-33-31-41(32-34-48)43-17-13-18-44(37-43)45-30-29-40-15-7-8-16-42(40)38-45/h1-39H. The predicted octanol–water partition coefficient (Wildman–Crippen LogP) is 16.4. The fourth-order valence-corrected chi connectivity index (χ4v) is 11.1. The van der Waals surface area contributed by atoms with Crippen LogP contribution >= 0.6 is 11.3 Å². The summed E-state index contributed by atoms with van der Waals surface area (Å²) in [5, 5.41) is 5.08. The lowest BCUT2D eigenvalue weighted by molar-refractivity contribution is 0.768. The summed E-state index contributed by atoms with van der Waals surface area (Å²) in [5.74, 6) is 0. The molecule has 0 N–H and O–H groups in total. The van der Waals surface area contributed by atoms with E-state index in [0.717, 1.165) is 17.1 Å². The monoisotopic (exact) mass is 793 g/mol. The second-order valence-corrected chi connectivity index (χ2v) is 17.1. The molecule has 0 amide bonds. The third-order valence-electron chi connectivity index (χ3n) is 12.7. The Morgan fingerprint density at radius 3 is 1.74 bits per heavy atom. The maximum Gasteiger partial charge on any atom is 0.0714 e. The van der Waals surface area contributed by atoms with Crippen molar-refractivity contribution in [2.75, 3.05) is 4.90 Å². The van der Waals surface area contributed by atoms with Crippen LogP contribution in [0.2, 0.25) is 0 Å². The zero-order valence-corrected chi connectivity index (χ0v) is 34.2. The topological polar surface area (TPSA) is 3.24 Å². The number of anilines is 3. The molecule has 0 aliphatic heterocycles. The van der Waals surface area contributed by atoms with Crippen molar-refractivity contribution in [1.82, 2.24) is 0 Å². The second-order valence-electron chi connectivity index (χ2n) is 16.0. The molecule has 61 heavy (non-hydrogen) atoms. The lowest BCUT2D eigenvalue weighted by Gasteiger charge is -2.34. The lowest BCUT2D eigenvalue weighted by atomic mass is 9.68. The van der Waals surface area contributed by atoms with Gasteiger partial charge in [0.15, 0.2) is 0 Å². The lowest BCUT2D eigenvalue weighted by Crippen LogP contribution is -2.28. The number of hydrogen-bond donors (Lipinski definition) is 0. The number of thiophene rings is 1. The first-order valence-electron chi connectivity index (χ1n) is 21.0. The highest BCUT2D eigenvalue weighted by Gasteiger charge is 2.47. The molecule has 11 aromatic rings. The Balaban J connectivity index is 1.05. The summed E-state index contributed by atoms with van der Waals surface area (Å²) in [5.41, 5.74) is 15.3. The van der Waals surface area contributed by atoms with Gasteiger partial charge in [-0.1, -0.05) is 182 Å². The Kier molecular flexibility index (Phi) is 8.33. The van der Waals surface area contributed by atoms with Crippen LogP contribution in [0, 0.1) is 0 Å². The van der Waals surface area contributed by atoms with Crippen LogP contribution in [0.4, 0.5) is 17.1 Å². The highest BCUT2D eigenvalue weighted by molar-refractivity contribution is 7.25. The van der Waals surface area contributed by atoms with Crippen LogP contribution in [-0.2, 0) is 5.41 Å². The van der Waals surface area contributed by atoms with Crippen LogP contribution in [0.15, 0.2) is 237 Å². The molecule has 12 rings (SSSR count). The number of nitrogens with zero attached hydrogens (tertiary/aromatic N) is 1. The van der Waals surface area contributed by atoms with Gasteiger partial charge in [0.2, 0.25) is 0 Å². The Hall–Kier alpha value is -7.52. The molecule has 0 radical (unpaired) electrons. The van der Waals surface area contributed by atoms with Gasteiger partial charge in [0.05, 0.1) is 11.1 Å². The molecule has 0 saturated carbocycles. The summed E-state index contributed by atoms with van der Waals surface area (Å²) in [6, 6.07) is 87.4. The highest BCUT2D eigenvalue weighted by Crippen LogP contribution is 2.59. The van der Waals surface area contributed by atoms with Gasteiger partial charge in [0, 0.05) is 37.1 Å². The largest absolute Gasteiger partial charge is 0.310 e. The minimum atomic E-state index is -0.496. The van der Waals surface area contributed by atoms with Crippen molar-refractivity contribution in [3.8, 4) is 33.4 Å². The molecule has 0 unspecified atom stereocenters. The SMILES string of the molecule is c1ccc(C2(c3ccccc3)c3ccccc3-c3c(N(c4ccc(-c5cccc(-c6ccc7ccccc7c6)c5)cc4)c4ccc5sc6ccccc6c5c4)cccc32)cc1. The van der Waals surface area contributed by atoms with E-state index in [-0.39, 0.29) is 0 Å². The van der Waals surface area contributed by atoms with Gasteiger partial charge in [-0.15, -0.1) is 11.3 Å². The van der Waals surface area contributed by atoms with Gasteiger partial charge < -0.3 is 4.90 Å². The molecule has 10 aromatic carbocycles. The third kappa shape index (κ3) is 5.68. The summed E-state index contributed by atoms with van der Waals surface area (Å²) >= 11 is 1.86. The number of rotatable bonds is 7. The van der Waals surface area contributed by atoms with Crippen LogP contribution in [0.1, 0.15) is 22.3 Å². The van der Waals surface area contributed by atoms with Crippen LogP contribution < -0.4 is 4.90 Å². The predicted molar refractivity (Wildman–Crippen MR) is 260 cm³/mol. The van der Waals surface area contributed by atoms with Crippen molar-refractivity contribution in [1.29, 1.82) is 0 Å². The molecule has 2 heteroatoms. The Bertz CT molecular complexity index is 3380. The van der Waals surface area contributed by atoms with Gasteiger partial charge >= 0.3 is 0 Å². The van der Waals surface area contributed by atoms with Crippen LogP contribution in [0.25, 0.3) is 64.3 Å². The first kappa shape index (κ1) is 35.4. The van der Waals surface area contributed by atoms with E-state index in [1.54, 1.807) is 0 Å². The fraction of sp³-hybridized carbons (Fsp3) is 0.0169. The van der Waals surface area contributed by atoms with Crippen molar-refractivity contribution in [2.24, 2.45) is 0 Å². The smallest absolute Gasteiger partial charge is 0.0714 e. The molecule has 1 aromatic heterocycles. The van der Waals surface area contributed by atoms with Gasteiger partial charge in [0.25, 0.3) is 0 Å². The molecule has 1 aliphatic rings. The van der Waals surface area contributed by atoms with Crippen LogP contribution in [0.3, 0.4) is 0 Å². The summed E-state index contributed by atoms with van der Waals surface area (Å²) in [7, 11) is 0. The first-order valence-corrected chi connectivity index (χ1v) is 21.8.